The molecular formula is C17H22N2O2S. The predicted octanol–water partition coefficient (Wildman–Crippen LogP) is 4.36. The third kappa shape index (κ3) is 3.09. The summed E-state index contributed by atoms with van der Waals surface area (Å²) in [7, 11) is 0. The van der Waals surface area contributed by atoms with E-state index in [0.717, 1.165) is 55.2 Å². The normalized spacial score (nSPS) is 19.2. The van der Waals surface area contributed by atoms with Gasteiger partial charge in [0.15, 0.2) is 0 Å². The van der Waals surface area contributed by atoms with Gasteiger partial charge in [-0.1, -0.05) is 19.8 Å². The van der Waals surface area contributed by atoms with E-state index in [9.17, 15) is 4.79 Å². The fourth-order valence-corrected chi connectivity index (χ4v) is 3.61. The van der Waals surface area contributed by atoms with Crippen LogP contribution < -0.4 is 0 Å². The SMILES string of the molecule is CCc1ccc(C2CCCCCN2C(=O)c2csc(C)n2)o1. The van der Waals surface area contributed by atoms with E-state index in [4.69, 9.17) is 4.42 Å². The van der Waals surface area contributed by atoms with E-state index in [2.05, 4.69) is 11.9 Å². The van der Waals surface area contributed by atoms with Gasteiger partial charge in [-0.05, 0) is 31.9 Å². The van der Waals surface area contributed by atoms with Crippen LogP contribution in [0.2, 0.25) is 0 Å². The summed E-state index contributed by atoms with van der Waals surface area (Å²) in [4.78, 5) is 19.2. The Balaban J connectivity index is 1.88. The molecule has 1 aliphatic heterocycles. The smallest absolute Gasteiger partial charge is 0.273 e. The molecule has 1 unspecified atom stereocenters. The molecule has 1 atom stereocenters. The molecule has 0 bridgehead atoms. The summed E-state index contributed by atoms with van der Waals surface area (Å²) in [6.45, 7) is 4.79. The average Bonchev–Trinajstić information content (AvgIpc) is 3.10. The lowest BCUT2D eigenvalue weighted by Crippen LogP contribution is -2.34. The lowest BCUT2D eigenvalue weighted by atomic mass is 10.1. The second-order valence-corrected chi connectivity index (χ2v) is 6.84. The minimum Gasteiger partial charge on any atom is -0.464 e. The molecule has 0 spiro atoms. The van der Waals surface area contributed by atoms with E-state index in [-0.39, 0.29) is 11.9 Å². The van der Waals surface area contributed by atoms with Gasteiger partial charge in [0, 0.05) is 18.3 Å². The standard InChI is InChI=1S/C17H22N2O2S/c1-3-13-8-9-16(21-13)15-7-5-4-6-10-19(15)17(20)14-11-22-12(2)18-14/h8-9,11,15H,3-7,10H2,1-2H3. The van der Waals surface area contributed by atoms with Gasteiger partial charge in [-0.3, -0.25) is 4.79 Å². The van der Waals surface area contributed by atoms with Crippen molar-refractivity contribution in [3.05, 3.63) is 39.7 Å². The van der Waals surface area contributed by atoms with E-state index in [1.165, 1.54) is 11.3 Å². The zero-order chi connectivity index (χ0) is 15.5. The first-order valence-electron chi connectivity index (χ1n) is 8.00. The number of aryl methyl sites for hydroxylation is 2. The van der Waals surface area contributed by atoms with Crippen LogP contribution >= 0.6 is 11.3 Å². The number of carbonyl (C=O) groups excluding carboxylic acids is 1. The van der Waals surface area contributed by atoms with Crippen LogP contribution in [-0.2, 0) is 6.42 Å². The Kier molecular flexibility index (Phi) is 4.62. The molecule has 118 valence electrons. The highest BCUT2D eigenvalue weighted by atomic mass is 32.1. The number of hydrogen-bond donors (Lipinski definition) is 0. The molecule has 0 aliphatic carbocycles. The first-order chi connectivity index (χ1) is 10.7. The van der Waals surface area contributed by atoms with E-state index in [0.29, 0.717) is 5.69 Å². The number of furan rings is 1. The molecule has 1 fully saturated rings. The molecule has 0 aromatic carbocycles. The summed E-state index contributed by atoms with van der Waals surface area (Å²) < 4.78 is 5.94. The second-order valence-electron chi connectivity index (χ2n) is 5.77. The van der Waals surface area contributed by atoms with Crippen molar-refractivity contribution in [3.8, 4) is 0 Å². The van der Waals surface area contributed by atoms with Crippen molar-refractivity contribution >= 4 is 17.2 Å². The molecule has 2 aromatic heterocycles. The van der Waals surface area contributed by atoms with E-state index in [1.54, 1.807) is 0 Å². The predicted molar refractivity (Wildman–Crippen MR) is 87.2 cm³/mol. The van der Waals surface area contributed by atoms with Gasteiger partial charge in [-0.15, -0.1) is 11.3 Å². The number of aromatic nitrogens is 1. The maximum Gasteiger partial charge on any atom is 0.273 e. The minimum atomic E-state index is 0.0331. The topological polar surface area (TPSA) is 46.3 Å². The number of hydrogen-bond acceptors (Lipinski definition) is 4. The highest BCUT2D eigenvalue weighted by Crippen LogP contribution is 2.32. The van der Waals surface area contributed by atoms with Crippen molar-refractivity contribution in [2.75, 3.05) is 6.54 Å². The molecule has 0 saturated carbocycles. The lowest BCUT2D eigenvalue weighted by Gasteiger charge is -2.28. The summed E-state index contributed by atoms with van der Waals surface area (Å²) in [5, 5.41) is 2.79. The minimum absolute atomic E-state index is 0.0331. The molecular weight excluding hydrogens is 296 g/mol. The van der Waals surface area contributed by atoms with Crippen molar-refractivity contribution in [2.24, 2.45) is 0 Å². The fourth-order valence-electron chi connectivity index (χ4n) is 3.02. The Labute approximate surface area is 135 Å². The molecule has 0 N–H and O–H groups in total. The number of carbonyl (C=O) groups is 1. The van der Waals surface area contributed by atoms with Gasteiger partial charge in [0.25, 0.3) is 5.91 Å². The Morgan fingerprint density at radius 1 is 1.41 bits per heavy atom. The third-order valence-electron chi connectivity index (χ3n) is 4.21. The first-order valence-corrected chi connectivity index (χ1v) is 8.88. The molecule has 1 amide bonds. The summed E-state index contributed by atoms with van der Waals surface area (Å²) in [6, 6.07) is 4.09. The van der Waals surface area contributed by atoms with E-state index >= 15 is 0 Å². The highest BCUT2D eigenvalue weighted by Gasteiger charge is 2.30. The van der Waals surface area contributed by atoms with Gasteiger partial charge in [0.1, 0.15) is 17.2 Å². The average molecular weight is 318 g/mol. The van der Waals surface area contributed by atoms with Crippen LogP contribution in [0, 0.1) is 6.92 Å². The van der Waals surface area contributed by atoms with Crippen LogP contribution in [0.3, 0.4) is 0 Å². The van der Waals surface area contributed by atoms with Crippen LogP contribution in [0.25, 0.3) is 0 Å². The quantitative estimate of drug-likeness (QED) is 0.844. The molecule has 5 heteroatoms. The zero-order valence-electron chi connectivity index (χ0n) is 13.2. The van der Waals surface area contributed by atoms with Crippen LogP contribution in [0.15, 0.2) is 21.9 Å². The number of rotatable bonds is 3. The number of amides is 1. The molecule has 1 saturated heterocycles. The Morgan fingerprint density at radius 2 is 2.27 bits per heavy atom. The van der Waals surface area contributed by atoms with Crippen molar-refractivity contribution < 1.29 is 9.21 Å². The van der Waals surface area contributed by atoms with Crippen LogP contribution in [0.4, 0.5) is 0 Å². The Morgan fingerprint density at radius 3 is 2.95 bits per heavy atom. The fraction of sp³-hybridized carbons (Fsp3) is 0.529. The highest BCUT2D eigenvalue weighted by molar-refractivity contribution is 7.09. The molecule has 2 aromatic rings. The molecule has 4 nitrogen and oxygen atoms in total. The van der Waals surface area contributed by atoms with E-state index in [1.807, 2.05) is 29.3 Å². The third-order valence-corrected chi connectivity index (χ3v) is 4.98. The maximum absolute atomic E-state index is 12.9. The monoisotopic (exact) mass is 318 g/mol. The van der Waals surface area contributed by atoms with Crippen LogP contribution in [0.1, 0.15) is 65.7 Å². The second kappa shape index (κ2) is 6.65. The summed E-state index contributed by atoms with van der Waals surface area (Å²) in [5.41, 5.74) is 0.566. The molecule has 1 aliphatic rings. The van der Waals surface area contributed by atoms with Gasteiger partial charge >= 0.3 is 0 Å². The van der Waals surface area contributed by atoms with Gasteiger partial charge in [0.05, 0.1) is 11.0 Å². The largest absolute Gasteiger partial charge is 0.464 e. The lowest BCUT2D eigenvalue weighted by molar-refractivity contribution is 0.0651. The van der Waals surface area contributed by atoms with Crippen LogP contribution in [-0.4, -0.2) is 22.3 Å². The van der Waals surface area contributed by atoms with Crippen molar-refractivity contribution in [2.45, 2.75) is 52.0 Å². The summed E-state index contributed by atoms with van der Waals surface area (Å²) >= 11 is 1.52. The number of thiazole rings is 1. The molecule has 22 heavy (non-hydrogen) atoms. The molecule has 3 rings (SSSR count). The van der Waals surface area contributed by atoms with Crippen LogP contribution in [0.5, 0.6) is 0 Å². The Bertz CT molecular complexity index is 647. The zero-order valence-corrected chi connectivity index (χ0v) is 14.0. The Hall–Kier alpha value is -1.62. The first kappa shape index (κ1) is 15.3. The summed E-state index contributed by atoms with van der Waals surface area (Å²) in [6.07, 6.45) is 5.19. The maximum atomic E-state index is 12.9. The summed E-state index contributed by atoms with van der Waals surface area (Å²) in [5.74, 6) is 1.93. The van der Waals surface area contributed by atoms with Crippen molar-refractivity contribution in [3.63, 3.8) is 0 Å². The number of likely N-dealkylation sites (tertiary alicyclic amines) is 1. The van der Waals surface area contributed by atoms with Gasteiger partial charge < -0.3 is 9.32 Å². The van der Waals surface area contributed by atoms with Crippen molar-refractivity contribution in [1.29, 1.82) is 0 Å². The van der Waals surface area contributed by atoms with Gasteiger partial charge in [-0.2, -0.15) is 0 Å². The van der Waals surface area contributed by atoms with Gasteiger partial charge in [0.2, 0.25) is 0 Å². The number of nitrogens with zero attached hydrogens (tertiary/aromatic N) is 2. The van der Waals surface area contributed by atoms with Gasteiger partial charge in [-0.25, -0.2) is 4.98 Å². The molecule has 0 radical (unpaired) electrons. The molecule has 3 heterocycles. The van der Waals surface area contributed by atoms with Crippen molar-refractivity contribution in [1.82, 2.24) is 9.88 Å². The van der Waals surface area contributed by atoms with E-state index < -0.39 is 0 Å².